The molecule has 0 aromatic carbocycles. The van der Waals surface area contributed by atoms with Crippen LogP contribution in [0.4, 0.5) is 0 Å². The fourth-order valence-corrected chi connectivity index (χ4v) is 14.5. The maximum atomic E-state index is 13.1. The molecule has 0 rings (SSSR count). The van der Waals surface area contributed by atoms with Crippen molar-refractivity contribution in [3.63, 3.8) is 0 Å². The minimum absolute atomic E-state index is 0.107. The smallest absolute Gasteiger partial charge is 0.462 e. The van der Waals surface area contributed by atoms with E-state index in [9.17, 15) is 43.2 Å². The lowest BCUT2D eigenvalue weighted by molar-refractivity contribution is -0.161. The third-order valence-electron chi connectivity index (χ3n) is 19.5. The van der Waals surface area contributed by atoms with Crippen LogP contribution in [0, 0.1) is 5.92 Å². The van der Waals surface area contributed by atoms with Gasteiger partial charge in [-0.15, -0.1) is 0 Å². The van der Waals surface area contributed by atoms with Gasteiger partial charge in [0.2, 0.25) is 0 Å². The van der Waals surface area contributed by atoms with Gasteiger partial charge >= 0.3 is 39.5 Å². The molecule has 0 aliphatic heterocycles. The Morgan fingerprint density at radius 1 is 0.265 bits per heavy atom. The third-order valence-corrected chi connectivity index (χ3v) is 21.4. The highest BCUT2D eigenvalue weighted by atomic mass is 31.2. The Labute approximate surface area is 626 Å². The molecule has 0 saturated carbocycles. The van der Waals surface area contributed by atoms with Gasteiger partial charge in [0.05, 0.1) is 26.4 Å². The quantitative estimate of drug-likeness (QED) is 0.0222. The first-order valence-electron chi connectivity index (χ1n) is 43.1. The number of phosphoric acid groups is 2. The van der Waals surface area contributed by atoms with E-state index in [0.717, 1.165) is 102 Å². The number of rotatable bonds is 83. The van der Waals surface area contributed by atoms with Crippen molar-refractivity contribution in [2.24, 2.45) is 5.92 Å². The van der Waals surface area contributed by atoms with Gasteiger partial charge < -0.3 is 33.8 Å². The number of ether oxygens (including phenoxy) is 4. The van der Waals surface area contributed by atoms with E-state index in [1.807, 2.05) is 0 Å². The minimum atomic E-state index is -4.96. The van der Waals surface area contributed by atoms with Gasteiger partial charge in [0, 0.05) is 25.7 Å². The molecule has 17 nitrogen and oxygen atoms in total. The van der Waals surface area contributed by atoms with E-state index in [1.165, 1.54) is 263 Å². The Bertz CT molecular complexity index is 1940. The standard InChI is InChI=1S/C83H162O17P2/c1-6-9-12-15-18-21-23-24-25-26-27-28-29-30-35-38-41-45-49-54-59-64-69-83(88)100-79(73-94-81(86)67-62-57-52-47-44-40-37-34-32-31-33-36-39-43-46-50-55-60-65-76(4)5)75-98-102(91,92)96-71-77(84)70-95-101(89,90)97-74-78(72-93-80(85)66-61-56-51-20-17-14-11-8-3)99-82(87)68-63-58-53-48-42-22-19-16-13-10-7-2/h76-79,84H,6-75H2,1-5H3,(H,89,90)(H,91,92)/t77-,78+,79+/m0/s1. The molecule has 2 unspecified atom stereocenters. The van der Waals surface area contributed by atoms with E-state index in [-0.39, 0.29) is 25.7 Å². The highest BCUT2D eigenvalue weighted by Crippen LogP contribution is 2.45. The predicted molar refractivity (Wildman–Crippen MR) is 418 cm³/mol. The second kappa shape index (κ2) is 75.9. The normalized spacial score (nSPS) is 13.8. The summed E-state index contributed by atoms with van der Waals surface area (Å²) in [5.41, 5.74) is 0. The molecule has 0 amide bonds. The molecule has 0 aromatic heterocycles. The second-order valence-electron chi connectivity index (χ2n) is 30.3. The maximum absolute atomic E-state index is 13.1. The van der Waals surface area contributed by atoms with Crippen LogP contribution < -0.4 is 0 Å². The summed E-state index contributed by atoms with van der Waals surface area (Å²) in [7, 11) is -9.91. The monoisotopic (exact) mass is 1490 g/mol. The Morgan fingerprint density at radius 2 is 0.451 bits per heavy atom. The summed E-state index contributed by atoms with van der Waals surface area (Å²) >= 11 is 0. The van der Waals surface area contributed by atoms with Crippen LogP contribution in [0.15, 0.2) is 0 Å². The highest BCUT2D eigenvalue weighted by Gasteiger charge is 2.30. The number of aliphatic hydroxyl groups is 1. The summed E-state index contributed by atoms with van der Waals surface area (Å²) < 4.78 is 68.6. The summed E-state index contributed by atoms with van der Waals surface area (Å²) in [6.07, 6.45) is 68.3. The number of hydrogen-bond acceptors (Lipinski definition) is 15. The first kappa shape index (κ1) is 100. The van der Waals surface area contributed by atoms with Crippen molar-refractivity contribution in [3.8, 4) is 0 Å². The van der Waals surface area contributed by atoms with Crippen molar-refractivity contribution in [3.05, 3.63) is 0 Å². The zero-order chi connectivity index (χ0) is 74.8. The van der Waals surface area contributed by atoms with Gasteiger partial charge in [0.25, 0.3) is 0 Å². The summed E-state index contributed by atoms with van der Waals surface area (Å²) in [6, 6.07) is 0. The van der Waals surface area contributed by atoms with E-state index >= 15 is 0 Å². The van der Waals surface area contributed by atoms with Gasteiger partial charge in [-0.25, -0.2) is 9.13 Å². The summed E-state index contributed by atoms with van der Waals surface area (Å²) in [5, 5.41) is 10.6. The van der Waals surface area contributed by atoms with Gasteiger partial charge in [-0.05, 0) is 31.6 Å². The van der Waals surface area contributed by atoms with Crippen LogP contribution in [-0.2, 0) is 65.4 Å². The molecule has 606 valence electrons. The molecule has 0 aliphatic rings. The fraction of sp³-hybridized carbons (Fsp3) is 0.952. The zero-order valence-electron chi connectivity index (χ0n) is 66.8. The van der Waals surface area contributed by atoms with Crippen LogP contribution in [0.1, 0.15) is 446 Å². The second-order valence-corrected chi connectivity index (χ2v) is 33.3. The van der Waals surface area contributed by atoms with E-state index in [2.05, 4.69) is 34.6 Å². The molecule has 0 heterocycles. The number of hydrogen-bond donors (Lipinski definition) is 3. The van der Waals surface area contributed by atoms with Crippen molar-refractivity contribution < 1.29 is 80.2 Å². The zero-order valence-corrected chi connectivity index (χ0v) is 68.5. The first-order chi connectivity index (χ1) is 49.5. The molecule has 0 bridgehead atoms. The molecule has 5 atom stereocenters. The number of phosphoric ester groups is 2. The van der Waals surface area contributed by atoms with Gasteiger partial charge in [0.15, 0.2) is 12.2 Å². The SMILES string of the molecule is CCCCCCCCCCCCCCCCCCCCCCCCC(=O)O[C@H](COC(=O)CCCCCCCCCCCCCCCCCCCCC(C)C)COP(=O)(O)OC[C@@H](O)COP(=O)(O)OC[C@@H](COC(=O)CCCCCCCCCC)OC(=O)CCCCCCCCCCCCC. The van der Waals surface area contributed by atoms with Gasteiger partial charge in [-0.2, -0.15) is 0 Å². The minimum Gasteiger partial charge on any atom is -0.462 e. The number of aliphatic hydroxyl groups excluding tert-OH is 1. The molecule has 3 N–H and O–H groups in total. The van der Waals surface area contributed by atoms with Crippen LogP contribution in [-0.4, -0.2) is 96.7 Å². The van der Waals surface area contributed by atoms with Crippen LogP contribution in [0.2, 0.25) is 0 Å². The Kier molecular flexibility index (Phi) is 74.4. The van der Waals surface area contributed by atoms with Crippen molar-refractivity contribution in [1.82, 2.24) is 0 Å². The lowest BCUT2D eigenvalue weighted by Gasteiger charge is -2.21. The average Bonchev–Trinajstić information content (AvgIpc) is 0.935. The van der Waals surface area contributed by atoms with Crippen LogP contribution in [0.25, 0.3) is 0 Å². The van der Waals surface area contributed by atoms with Crippen molar-refractivity contribution in [1.29, 1.82) is 0 Å². The summed E-state index contributed by atoms with van der Waals surface area (Å²) in [5.74, 6) is -1.29. The highest BCUT2D eigenvalue weighted by molar-refractivity contribution is 7.47. The van der Waals surface area contributed by atoms with Crippen LogP contribution >= 0.6 is 15.6 Å². The van der Waals surface area contributed by atoms with Gasteiger partial charge in [-0.1, -0.05) is 394 Å². The molecular weight excluding hydrogens is 1330 g/mol. The molecule has 0 saturated heterocycles. The van der Waals surface area contributed by atoms with E-state index in [0.29, 0.717) is 25.7 Å². The maximum Gasteiger partial charge on any atom is 0.472 e. The largest absolute Gasteiger partial charge is 0.472 e. The van der Waals surface area contributed by atoms with Crippen molar-refractivity contribution >= 4 is 39.5 Å². The Hall–Kier alpha value is -1.94. The molecule has 19 heteroatoms. The van der Waals surface area contributed by atoms with Gasteiger partial charge in [-0.3, -0.25) is 37.3 Å². The number of carbonyl (C=O) groups is 4. The number of carbonyl (C=O) groups excluding carboxylic acids is 4. The molecular formula is C83H162O17P2. The lowest BCUT2D eigenvalue weighted by atomic mass is 10.0. The van der Waals surface area contributed by atoms with Crippen molar-refractivity contribution in [2.75, 3.05) is 39.6 Å². The van der Waals surface area contributed by atoms with Gasteiger partial charge in [0.1, 0.15) is 19.3 Å². The third kappa shape index (κ3) is 76.3. The van der Waals surface area contributed by atoms with E-state index in [4.69, 9.17) is 37.0 Å². The molecule has 102 heavy (non-hydrogen) atoms. The van der Waals surface area contributed by atoms with E-state index in [1.54, 1.807) is 0 Å². The molecule has 0 fully saturated rings. The summed E-state index contributed by atoms with van der Waals surface area (Å²) in [4.78, 5) is 72.9. The van der Waals surface area contributed by atoms with E-state index < -0.39 is 97.5 Å². The first-order valence-corrected chi connectivity index (χ1v) is 46.1. The van der Waals surface area contributed by atoms with Crippen LogP contribution in [0.3, 0.4) is 0 Å². The topological polar surface area (TPSA) is 237 Å². The Balaban J connectivity index is 5.15. The summed E-state index contributed by atoms with van der Waals surface area (Å²) in [6.45, 7) is 7.34. The number of esters is 4. The Morgan fingerprint density at radius 3 is 0.667 bits per heavy atom. The molecule has 0 aliphatic carbocycles. The molecule has 0 spiro atoms. The predicted octanol–water partition coefficient (Wildman–Crippen LogP) is 25.2. The van der Waals surface area contributed by atoms with Crippen LogP contribution in [0.5, 0.6) is 0 Å². The number of unbranched alkanes of at least 4 members (excludes halogenated alkanes) is 55. The average molecular weight is 1490 g/mol. The molecule has 0 aromatic rings. The van der Waals surface area contributed by atoms with Crippen molar-refractivity contribution in [2.45, 2.75) is 464 Å². The molecule has 0 radical (unpaired) electrons. The fourth-order valence-electron chi connectivity index (χ4n) is 12.9. The lowest BCUT2D eigenvalue weighted by Crippen LogP contribution is -2.30.